The molecule has 2 nitrogen and oxygen atoms in total. The lowest BCUT2D eigenvalue weighted by Gasteiger charge is -2.10. The van der Waals surface area contributed by atoms with Gasteiger partial charge in [-0.1, -0.05) is 0 Å². The molecular formula is C10H9BrF2N2. The van der Waals surface area contributed by atoms with E-state index in [2.05, 4.69) is 20.9 Å². The van der Waals surface area contributed by atoms with Crippen LogP contribution in [0.15, 0.2) is 16.9 Å². The van der Waals surface area contributed by atoms with Crippen molar-refractivity contribution in [2.75, 3.05) is 0 Å². The molecular weight excluding hydrogens is 266 g/mol. The lowest BCUT2D eigenvalue weighted by atomic mass is 10.2. The minimum Gasteiger partial charge on any atom is -0.313 e. The number of benzene rings is 1. The number of nitrogens with zero attached hydrogens (tertiary/aromatic N) is 2. The molecule has 0 aliphatic carbocycles. The van der Waals surface area contributed by atoms with E-state index in [0.29, 0.717) is 10.3 Å². The van der Waals surface area contributed by atoms with Gasteiger partial charge >= 0.3 is 0 Å². The molecule has 0 aliphatic rings. The summed E-state index contributed by atoms with van der Waals surface area (Å²) in [6.45, 7) is 3.77. The number of aromatic nitrogens is 2. The lowest BCUT2D eigenvalue weighted by Crippen LogP contribution is -2.02. The van der Waals surface area contributed by atoms with Gasteiger partial charge in [0.25, 0.3) is 0 Å². The highest BCUT2D eigenvalue weighted by Gasteiger charge is 2.17. The van der Waals surface area contributed by atoms with Crippen LogP contribution in [0.25, 0.3) is 11.0 Å². The van der Waals surface area contributed by atoms with Crippen LogP contribution < -0.4 is 0 Å². The van der Waals surface area contributed by atoms with Gasteiger partial charge in [-0.15, -0.1) is 0 Å². The van der Waals surface area contributed by atoms with Crippen molar-refractivity contribution < 1.29 is 8.78 Å². The Morgan fingerprint density at radius 2 is 2.00 bits per heavy atom. The maximum absolute atomic E-state index is 13.6. The van der Waals surface area contributed by atoms with Gasteiger partial charge in [0, 0.05) is 6.04 Å². The zero-order valence-corrected chi connectivity index (χ0v) is 9.85. The lowest BCUT2D eigenvalue weighted by molar-refractivity contribution is 0.505. The van der Waals surface area contributed by atoms with Crippen molar-refractivity contribution in [1.82, 2.24) is 9.55 Å². The van der Waals surface area contributed by atoms with Gasteiger partial charge in [-0.2, -0.15) is 0 Å². The SMILES string of the molecule is CC(C)n1c(Br)nc2ccc(F)c(F)c21. The number of rotatable bonds is 1. The highest BCUT2D eigenvalue weighted by Crippen LogP contribution is 2.27. The first-order valence-corrected chi connectivity index (χ1v) is 5.33. The molecule has 0 saturated carbocycles. The van der Waals surface area contributed by atoms with E-state index in [9.17, 15) is 8.78 Å². The Bertz CT molecular complexity index is 520. The van der Waals surface area contributed by atoms with Gasteiger partial charge in [0.05, 0.1) is 5.52 Å². The Balaban J connectivity index is 2.90. The number of fused-ring (bicyclic) bond motifs is 1. The first-order valence-electron chi connectivity index (χ1n) is 4.53. The largest absolute Gasteiger partial charge is 0.313 e. The minimum absolute atomic E-state index is 0.0145. The third-order valence-corrected chi connectivity index (χ3v) is 2.78. The van der Waals surface area contributed by atoms with Crippen molar-refractivity contribution in [3.63, 3.8) is 0 Å². The monoisotopic (exact) mass is 274 g/mol. The van der Waals surface area contributed by atoms with Gasteiger partial charge < -0.3 is 4.57 Å². The van der Waals surface area contributed by atoms with Crippen molar-refractivity contribution >= 4 is 27.0 Å². The molecule has 80 valence electrons. The molecule has 0 atom stereocenters. The van der Waals surface area contributed by atoms with Gasteiger partial charge in [0.1, 0.15) is 5.52 Å². The first-order chi connectivity index (χ1) is 7.02. The van der Waals surface area contributed by atoms with Crippen molar-refractivity contribution in [2.45, 2.75) is 19.9 Å². The van der Waals surface area contributed by atoms with Crippen LogP contribution in [-0.2, 0) is 0 Å². The second-order valence-electron chi connectivity index (χ2n) is 3.57. The van der Waals surface area contributed by atoms with E-state index in [4.69, 9.17) is 0 Å². The van der Waals surface area contributed by atoms with E-state index < -0.39 is 11.6 Å². The van der Waals surface area contributed by atoms with E-state index in [1.165, 1.54) is 6.07 Å². The number of halogens is 3. The molecule has 0 aliphatic heterocycles. The van der Waals surface area contributed by atoms with Crippen LogP contribution in [0.5, 0.6) is 0 Å². The van der Waals surface area contributed by atoms with Crippen LogP contribution in [0.4, 0.5) is 8.78 Å². The molecule has 0 amide bonds. The highest BCUT2D eigenvalue weighted by molar-refractivity contribution is 9.10. The number of hydrogen-bond donors (Lipinski definition) is 0. The summed E-state index contributed by atoms with van der Waals surface area (Å²) in [5, 5.41) is 0. The number of hydrogen-bond acceptors (Lipinski definition) is 1. The van der Waals surface area contributed by atoms with Crippen LogP contribution in [0, 0.1) is 11.6 Å². The summed E-state index contributed by atoms with van der Waals surface area (Å²) in [5.41, 5.74) is 0.659. The fourth-order valence-electron chi connectivity index (χ4n) is 1.57. The van der Waals surface area contributed by atoms with Crippen molar-refractivity contribution in [2.24, 2.45) is 0 Å². The van der Waals surface area contributed by atoms with E-state index in [1.807, 2.05) is 13.8 Å². The highest BCUT2D eigenvalue weighted by atomic mass is 79.9. The van der Waals surface area contributed by atoms with Gasteiger partial charge in [0.2, 0.25) is 0 Å². The van der Waals surface area contributed by atoms with Gasteiger partial charge in [-0.3, -0.25) is 0 Å². The third-order valence-electron chi connectivity index (χ3n) is 2.22. The Kier molecular flexibility index (Phi) is 2.50. The minimum atomic E-state index is -0.850. The third kappa shape index (κ3) is 1.55. The second kappa shape index (κ2) is 3.56. The molecule has 1 aromatic heterocycles. The molecule has 0 bridgehead atoms. The van der Waals surface area contributed by atoms with Crippen LogP contribution >= 0.6 is 15.9 Å². The molecule has 0 spiro atoms. The molecule has 1 aromatic carbocycles. The van der Waals surface area contributed by atoms with Crippen LogP contribution in [0.3, 0.4) is 0 Å². The van der Waals surface area contributed by atoms with E-state index >= 15 is 0 Å². The van der Waals surface area contributed by atoms with E-state index in [1.54, 1.807) is 4.57 Å². The molecule has 0 unspecified atom stereocenters. The Labute approximate surface area is 94.0 Å². The summed E-state index contributed by atoms with van der Waals surface area (Å²) in [4.78, 5) is 4.11. The van der Waals surface area contributed by atoms with Crippen LogP contribution in [0.1, 0.15) is 19.9 Å². The topological polar surface area (TPSA) is 17.8 Å². The van der Waals surface area contributed by atoms with Crippen LogP contribution in [-0.4, -0.2) is 9.55 Å². The molecule has 2 aromatic rings. The maximum Gasteiger partial charge on any atom is 0.184 e. The Morgan fingerprint density at radius 1 is 1.33 bits per heavy atom. The second-order valence-corrected chi connectivity index (χ2v) is 4.28. The molecule has 0 saturated heterocycles. The average Bonchev–Trinajstić information content (AvgIpc) is 2.49. The Morgan fingerprint density at radius 3 is 2.60 bits per heavy atom. The normalized spacial score (nSPS) is 11.6. The quantitative estimate of drug-likeness (QED) is 0.776. The standard InChI is InChI=1S/C10H9BrF2N2/c1-5(2)15-9-7(14-10(15)11)4-3-6(12)8(9)13/h3-5H,1-2H3. The van der Waals surface area contributed by atoms with Crippen molar-refractivity contribution in [3.8, 4) is 0 Å². The molecule has 2 rings (SSSR count). The van der Waals surface area contributed by atoms with E-state index in [0.717, 1.165) is 6.07 Å². The molecule has 5 heteroatoms. The average molecular weight is 275 g/mol. The van der Waals surface area contributed by atoms with Crippen molar-refractivity contribution in [1.29, 1.82) is 0 Å². The van der Waals surface area contributed by atoms with Gasteiger partial charge in [0.15, 0.2) is 16.4 Å². The maximum atomic E-state index is 13.6. The summed E-state index contributed by atoms with van der Waals surface area (Å²) in [6, 6.07) is 2.57. The number of imidazole rings is 1. The molecule has 1 heterocycles. The molecule has 15 heavy (non-hydrogen) atoms. The fourth-order valence-corrected chi connectivity index (χ4v) is 2.34. The summed E-state index contributed by atoms with van der Waals surface area (Å²) >= 11 is 3.23. The zero-order chi connectivity index (χ0) is 11.2. The molecule has 0 N–H and O–H groups in total. The van der Waals surface area contributed by atoms with Crippen LogP contribution in [0.2, 0.25) is 0 Å². The van der Waals surface area contributed by atoms with Gasteiger partial charge in [-0.05, 0) is 41.9 Å². The molecule has 0 fully saturated rings. The Hall–Kier alpha value is -0.970. The summed E-state index contributed by atoms with van der Waals surface area (Å²) in [5.74, 6) is -1.70. The fraction of sp³-hybridized carbons (Fsp3) is 0.300. The summed E-state index contributed by atoms with van der Waals surface area (Å²) < 4.78 is 28.8. The predicted octanol–water partition coefficient (Wildman–Crippen LogP) is 3.66. The predicted molar refractivity (Wildman–Crippen MR) is 57.7 cm³/mol. The smallest absolute Gasteiger partial charge is 0.184 e. The van der Waals surface area contributed by atoms with E-state index in [-0.39, 0.29) is 11.6 Å². The molecule has 0 radical (unpaired) electrons. The summed E-state index contributed by atoms with van der Waals surface area (Å²) in [6.07, 6.45) is 0. The summed E-state index contributed by atoms with van der Waals surface area (Å²) in [7, 11) is 0. The van der Waals surface area contributed by atoms with Crippen molar-refractivity contribution in [3.05, 3.63) is 28.5 Å². The first kappa shape index (κ1) is 10.5. The zero-order valence-electron chi connectivity index (χ0n) is 8.26. The van der Waals surface area contributed by atoms with Gasteiger partial charge in [-0.25, -0.2) is 13.8 Å².